The van der Waals surface area contributed by atoms with Crippen molar-refractivity contribution in [2.24, 2.45) is 16.5 Å². The maximum absolute atomic E-state index is 14.5. The summed E-state index contributed by atoms with van der Waals surface area (Å²) < 4.78 is 14.5. The number of nitrogens with two attached hydrogens (primary N) is 3. The van der Waals surface area contributed by atoms with Crippen molar-refractivity contribution in [1.29, 1.82) is 0 Å². The normalized spacial score (nSPS) is 12.3. The third kappa shape index (κ3) is 5.91. The minimum atomic E-state index is -0.875. The van der Waals surface area contributed by atoms with E-state index < -0.39 is 23.5 Å². The Morgan fingerprint density at radius 2 is 1.79 bits per heavy atom. The molecule has 0 aliphatic carbocycles. The Morgan fingerprint density at radius 3 is 2.50 bits per heavy atom. The second-order valence-electron chi connectivity index (χ2n) is 7.38. The quantitative estimate of drug-likeness (QED) is 0.217. The number of carbonyl (C=O) groups is 2. The van der Waals surface area contributed by atoms with Crippen LogP contribution in [0, 0.1) is 5.82 Å². The van der Waals surface area contributed by atoms with E-state index in [1.165, 1.54) is 30.3 Å². The molecule has 0 saturated carbocycles. The molecule has 2 amide bonds. The van der Waals surface area contributed by atoms with Crippen LogP contribution >= 0.6 is 23.2 Å². The number of nitrogen functional groups attached to an aromatic ring is 1. The molecule has 0 radical (unpaired) electrons. The third-order valence-electron chi connectivity index (χ3n) is 5.02. The summed E-state index contributed by atoms with van der Waals surface area (Å²) in [6.07, 6.45) is 0.197. The number of amides is 2. The lowest BCUT2D eigenvalue weighted by atomic mass is 9.94. The molecule has 176 valence electrons. The van der Waals surface area contributed by atoms with Gasteiger partial charge in [0.1, 0.15) is 11.7 Å². The lowest BCUT2D eigenvalue weighted by molar-refractivity contribution is -0.117. The van der Waals surface area contributed by atoms with Crippen molar-refractivity contribution in [2.45, 2.75) is 12.3 Å². The van der Waals surface area contributed by atoms with Crippen molar-refractivity contribution in [1.82, 2.24) is 0 Å². The zero-order valence-corrected chi connectivity index (χ0v) is 19.4. The van der Waals surface area contributed by atoms with E-state index in [4.69, 9.17) is 40.4 Å². The summed E-state index contributed by atoms with van der Waals surface area (Å²) in [5, 5.41) is 3.01. The molecule has 3 aromatic rings. The van der Waals surface area contributed by atoms with Crippen molar-refractivity contribution in [2.75, 3.05) is 17.6 Å². The van der Waals surface area contributed by atoms with E-state index >= 15 is 0 Å². The maximum atomic E-state index is 14.5. The molecule has 0 aromatic heterocycles. The molecule has 10 heteroatoms. The first-order chi connectivity index (χ1) is 16.2. The Kier molecular flexibility index (Phi) is 8.22. The second-order valence-corrected chi connectivity index (χ2v) is 8.22. The van der Waals surface area contributed by atoms with E-state index in [-0.39, 0.29) is 46.2 Å². The van der Waals surface area contributed by atoms with E-state index in [0.29, 0.717) is 10.7 Å². The van der Waals surface area contributed by atoms with Gasteiger partial charge in [0.05, 0.1) is 10.9 Å². The Balaban J connectivity index is 1.86. The Labute approximate surface area is 205 Å². The van der Waals surface area contributed by atoms with Crippen LogP contribution in [-0.2, 0) is 4.79 Å². The van der Waals surface area contributed by atoms with Gasteiger partial charge in [-0.1, -0.05) is 41.4 Å². The molecule has 0 heterocycles. The average Bonchev–Trinajstić information content (AvgIpc) is 2.80. The fourth-order valence-corrected chi connectivity index (χ4v) is 3.70. The smallest absolute Gasteiger partial charge is 0.278 e. The zero-order valence-electron chi connectivity index (χ0n) is 17.9. The number of aliphatic imine (C=N–C) groups is 1. The molecule has 0 saturated heterocycles. The van der Waals surface area contributed by atoms with Crippen molar-refractivity contribution >= 4 is 52.2 Å². The molecule has 3 aromatic carbocycles. The van der Waals surface area contributed by atoms with Gasteiger partial charge in [-0.05, 0) is 55.4 Å². The number of nitrogens with one attached hydrogen (secondary N) is 1. The number of amidine groups is 1. The van der Waals surface area contributed by atoms with E-state index in [1.807, 2.05) is 0 Å². The predicted octanol–water partition coefficient (Wildman–Crippen LogP) is 4.33. The fraction of sp³-hybridized carbons (Fsp3) is 0.125. The van der Waals surface area contributed by atoms with Gasteiger partial charge in [0.2, 0.25) is 5.91 Å². The molecule has 0 aliphatic rings. The lowest BCUT2D eigenvalue weighted by Gasteiger charge is -2.18. The summed E-state index contributed by atoms with van der Waals surface area (Å²) >= 11 is 11.8. The van der Waals surface area contributed by atoms with Gasteiger partial charge in [0, 0.05) is 33.1 Å². The van der Waals surface area contributed by atoms with Crippen LogP contribution in [0.25, 0.3) is 0 Å². The van der Waals surface area contributed by atoms with Gasteiger partial charge < -0.3 is 22.5 Å². The number of hydrogen-bond acceptors (Lipinski definition) is 4. The topological polar surface area (TPSA) is 137 Å². The van der Waals surface area contributed by atoms with E-state index in [1.54, 1.807) is 30.3 Å². The Morgan fingerprint density at radius 1 is 1.06 bits per heavy atom. The number of nitrogens with zero attached hydrogens (tertiary/aromatic N) is 1. The van der Waals surface area contributed by atoms with Gasteiger partial charge in [-0.3, -0.25) is 9.59 Å². The highest BCUT2D eigenvalue weighted by molar-refractivity contribution is 6.31. The standard InChI is InChI=1S/C24H22Cl2FN5O2/c25-14-4-1-3-13(11-14)23(33)32-22(30)18-12-15(7-8-20(18)29)31-24(34)17(9-10-28)16-5-2-6-19(26)21(16)27/h1-8,11-12,17H,9-10,28-29H2,(H,31,34)(H2,30,32,33)/t17-/m1/s1. The van der Waals surface area contributed by atoms with Crippen LogP contribution in [0.15, 0.2) is 65.7 Å². The predicted molar refractivity (Wildman–Crippen MR) is 134 cm³/mol. The van der Waals surface area contributed by atoms with Crippen molar-refractivity contribution in [3.8, 4) is 0 Å². The first kappa shape index (κ1) is 25.2. The van der Waals surface area contributed by atoms with Crippen LogP contribution in [0.3, 0.4) is 0 Å². The molecular formula is C24H22Cl2FN5O2. The fourth-order valence-electron chi connectivity index (χ4n) is 3.33. The van der Waals surface area contributed by atoms with Gasteiger partial charge in [0.25, 0.3) is 5.91 Å². The number of rotatable bonds is 7. The molecule has 1 atom stereocenters. The molecule has 0 spiro atoms. The number of hydrogen-bond donors (Lipinski definition) is 4. The summed E-state index contributed by atoms with van der Waals surface area (Å²) in [7, 11) is 0. The second kappa shape index (κ2) is 11.1. The molecule has 0 fully saturated rings. The number of carbonyl (C=O) groups excluding carboxylic acids is 2. The Bertz CT molecular complexity index is 1270. The van der Waals surface area contributed by atoms with E-state index in [0.717, 1.165) is 0 Å². The van der Waals surface area contributed by atoms with Gasteiger partial charge >= 0.3 is 0 Å². The molecule has 3 rings (SSSR count). The first-order valence-electron chi connectivity index (χ1n) is 10.2. The number of benzene rings is 3. The van der Waals surface area contributed by atoms with Crippen LogP contribution < -0.4 is 22.5 Å². The van der Waals surface area contributed by atoms with Gasteiger partial charge in [0.15, 0.2) is 0 Å². The van der Waals surface area contributed by atoms with Crippen molar-refractivity contribution < 1.29 is 14.0 Å². The zero-order chi connectivity index (χ0) is 24.8. The van der Waals surface area contributed by atoms with Crippen LogP contribution in [0.4, 0.5) is 15.8 Å². The van der Waals surface area contributed by atoms with E-state index in [2.05, 4.69) is 10.3 Å². The van der Waals surface area contributed by atoms with Crippen LogP contribution in [0.2, 0.25) is 10.0 Å². The summed E-state index contributed by atoms with van der Waals surface area (Å²) in [6, 6.07) is 15.3. The van der Waals surface area contributed by atoms with Crippen molar-refractivity contribution in [3.05, 3.63) is 93.2 Å². The summed E-state index contributed by atoms with van der Waals surface area (Å²) in [5.41, 5.74) is 18.9. The summed E-state index contributed by atoms with van der Waals surface area (Å²) in [6.45, 7) is 0.155. The lowest BCUT2D eigenvalue weighted by Crippen LogP contribution is -2.25. The largest absolute Gasteiger partial charge is 0.398 e. The third-order valence-corrected chi connectivity index (χ3v) is 5.55. The van der Waals surface area contributed by atoms with Gasteiger partial charge in [-0.2, -0.15) is 4.99 Å². The van der Waals surface area contributed by atoms with Crippen LogP contribution in [0.5, 0.6) is 0 Å². The van der Waals surface area contributed by atoms with Gasteiger partial charge in [-0.15, -0.1) is 0 Å². The molecule has 7 nitrogen and oxygen atoms in total. The highest BCUT2D eigenvalue weighted by Gasteiger charge is 2.24. The van der Waals surface area contributed by atoms with E-state index in [9.17, 15) is 14.0 Å². The average molecular weight is 502 g/mol. The highest BCUT2D eigenvalue weighted by Crippen LogP contribution is 2.28. The molecule has 0 bridgehead atoms. The highest BCUT2D eigenvalue weighted by atomic mass is 35.5. The Hall–Kier alpha value is -3.46. The van der Waals surface area contributed by atoms with Crippen LogP contribution in [0.1, 0.15) is 33.8 Å². The number of anilines is 2. The summed E-state index contributed by atoms with van der Waals surface area (Å²) in [5.74, 6) is -2.79. The van der Waals surface area contributed by atoms with Crippen LogP contribution in [-0.4, -0.2) is 24.2 Å². The first-order valence-corrected chi connectivity index (χ1v) is 11.0. The minimum Gasteiger partial charge on any atom is -0.398 e. The maximum Gasteiger partial charge on any atom is 0.278 e. The molecule has 0 aliphatic heterocycles. The molecular weight excluding hydrogens is 480 g/mol. The minimum absolute atomic E-state index is 0.0875. The molecule has 7 N–H and O–H groups in total. The molecule has 0 unspecified atom stereocenters. The summed E-state index contributed by atoms with van der Waals surface area (Å²) in [4.78, 5) is 29.3. The van der Waals surface area contributed by atoms with Crippen molar-refractivity contribution in [3.63, 3.8) is 0 Å². The molecule has 34 heavy (non-hydrogen) atoms. The monoisotopic (exact) mass is 501 g/mol. The van der Waals surface area contributed by atoms with Gasteiger partial charge in [-0.25, -0.2) is 4.39 Å². The number of halogens is 3. The SMILES string of the molecule is NCC[C@@H](C(=O)Nc1ccc(N)c(C(N)=NC(=O)c2cccc(Cl)c2)c1)c1cccc(Cl)c1F.